The van der Waals surface area contributed by atoms with Crippen molar-refractivity contribution in [1.29, 1.82) is 5.41 Å². The molecule has 0 radical (unpaired) electrons. The quantitative estimate of drug-likeness (QED) is 0.0573. The van der Waals surface area contributed by atoms with Gasteiger partial charge in [-0.25, -0.2) is 4.79 Å². The minimum Gasteiger partial charge on any atom is -0.501 e. The molecule has 1 rings (SSSR count). The third-order valence-corrected chi connectivity index (χ3v) is 7.15. The van der Waals surface area contributed by atoms with Crippen molar-refractivity contribution in [1.82, 2.24) is 16.0 Å². The molecule has 2 amide bonds. The van der Waals surface area contributed by atoms with E-state index in [1.807, 2.05) is 69.3 Å². The lowest BCUT2D eigenvalue weighted by molar-refractivity contribution is 0.198. The number of hydrogen-bond acceptors (Lipinski definition) is 6. The normalized spacial score (nSPS) is 14.2. The van der Waals surface area contributed by atoms with E-state index in [1.54, 1.807) is 14.2 Å². The molecule has 0 spiro atoms. The van der Waals surface area contributed by atoms with Gasteiger partial charge >= 0.3 is 6.03 Å². The molecule has 0 bridgehead atoms. The monoisotopic (exact) mass is 567 g/mol. The molecule has 0 aliphatic carbocycles. The number of rotatable bonds is 18. The van der Waals surface area contributed by atoms with Crippen molar-refractivity contribution in [2.45, 2.75) is 73.8 Å². The molecule has 5 N–H and O–H groups in total. The van der Waals surface area contributed by atoms with E-state index >= 15 is 0 Å². The summed E-state index contributed by atoms with van der Waals surface area (Å²) < 4.78 is 10.7. The van der Waals surface area contributed by atoms with Crippen LogP contribution >= 0.6 is 0 Å². The van der Waals surface area contributed by atoms with E-state index < -0.39 is 0 Å². The Morgan fingerprint density at radius 2 is 1.78 bits per heavy atom. The number of nitrogens with one attached hydrogen (secondary N) is 5. The lowest BCUT2D eigenvalue weighted by Gasteiger charge is -2.27. The van der Waals surface area contributed by atoms with Crippen molar-refractivity contribution >= 4 is 17.4 Å². The summed E-state index contributed by atoms with van der Waals surface area (Å²) in [5.41, 5.74) is 3.33. The van der Waals surface area contributed by atoms with Gasteiger partial charge in [0.1, 0.15) is 5.82 Å². The maximum atomic E-state index is 13.2. The number of urea groups is 1. The van der Waals surface area contributed by atoms with Gasteiger partial charge in [-0.3, -0.25) is 10.7 Å². The van der Waals surface area contributed by atoms with Gasteiger partial charge in [0.25, 0.3) is 0 Å². The summed E-state index contributed by atoms with van der Waals surface area (Å²) >= 11 is 0. The van der Waals surface area contributed by atoms with E-state index in [9.17, 15) is 10.2 Å². The highest BCUT2D eigenvalue weighted by atomic mass is 16.5. The summed E-state index contributed by atoms with van der Waals surface area (Å²) in [5.74, 6) is 1.26. The third-order valence-electron chi connectivity index (χ3n) is 7.15. The molecule has 1 atom stereocenters. The molecule has 0 unspecified atom stereocenters. The molecule has 0 aliphatic rings. The van der Waals surface area contributed by atoms with Crippen LogP contribution in [0.25, 0.3) is 0 Å². The fourth-order valence-corrected chi connectivity index (χ4v) is 3.99. The van der Waals surface area contributed by atoms with Gasteiger partial charge in [0.15, 0.2) is 0 Å². The van der Waals surface area contributed by atoms with Crippen LogP contribution < -0.4 is 21.3 Å². The number of hydrogen-bond donors (Lipinski definition) is 5. The Morgan fingerprint density at radius 3 is 2.34 bits per heavy atom. The molecule has 0 saturated carbocycles. The van der Waals surface area contributed by atoms with E-state index in [0.29, 0.717) is 36.8 Å². The number of carbonyl (C=O) groups is 1. The van der Waals surface area contributed by atoms with E-state index in [1.165, 1.54) is 0 Å². The highest BCUT2D eigenvalue weighted by molar-refractivity contribution is 6.13. The molecule has 8 nitrogen and oxygen atoms in total. The first-order chi connectivity index (χ1) is 19.5. The zero-order valence-corrected chi connectivity index (χ0v) is 26.7. The molecule has 0 saturated heterocycles. The number of allylic oxidation sites excluding steroid dienone is 7. The SMILES string of the molecule is CC\C=C/C(=C\C(=C(/C)OC)C(C)(C)CC)C(=N)/C(C)=C(/NC(=O)N[C@@H](CC)CNCCOC)Nc1ccccc1. The maximum Gasteiger partial charge on any atom is 0.320 e. The lowest BCUT2D eigenvalue weighted by atomic mass is 9.79. The first kappa shape index (κ1) is 35.7. The van der Waals surface area contributed by atoms with E-state index in [2.05, 4.69) is 49.0 Å². The lowest BCUT2D eigenvalue weighted by Crippen LogP contribution is -2.47. The molecule has 0 fully saturated rings. The van der Waals surface area contributed by atoms with Crippen molar-refractivity contribution in [2.24, 2.45) is 5.41 Å². The van der Waals surface area contributed by atoms with Gasteiger partial charge in [-0.05, 0) is 67.9 Å². The molecule has 0 aliphatic heterocycles. The Balaban J connectivity index is 3.50. The van der Waals surface area contributed by atoms with Gasteiger partial charge < -0.3 is 25.4 Å². The minimum atomic E-state index is -0.339. The predicted octanol–water partition coefficient (Wildman–Crippen LogP) is 6.91. The van der Waals surface area contributed by atoms with Crippen LogP contribution in [0, 0.1) is 10.8 Å². The zero-order chi connectivity index (χ0) is 30.8. The van der Waals surface area contributed by atoms with Gasteiger partial charge in [0.2, 0.25) is 0 Å². The molecular weight excluding hydrogens is 514 g/mol. The molecule has 0 heterocycles. The second-order valence-electron chi connectivity index (χ2n) is 10.6. The van der Waals surface area contributed by atoms with Crippen LogP contribution in [-0.4, -0.2) is 51.7 Å². The molecular formula is C33H53N5O3. The van der Waals surface area contributed by atoms with Crippen molar-refractivity contribution in [2.75, 3.05) is 39.2 Å². The van der Waals surface area contributed by atoms with Crippen LogP contribution in [0.1, 0.15) is 67.7 Å². The number of anilines is 1. The summed E-state index contributed by atoms with van der Waals surface area (Å²) in [6, 6.07) is 9.22. The van der Waals surface area contributed by atoms with Gasteiger partial charge in [0, 0.05) is 37.5 Å². The summed E-state index contributed by atoms with van der Waals surface area (Å²) in [6.07, 6.45) is 8.56. The number of methoxy groups -OCH3 is 2. The number of amides is 2. The van der Waals surface area contributed by atoms with Crippen molar-refractivity contribution in [3.05, 3.63) is 76.9 Å². The molecule has 1 aromatic rings. The topological polar surface area (TPSA) is 108 Å². The summed E-state index contributed by atoms with van der Waals surface area (Å²) in [5, 5.41) is 21.9. The second kappa shape index (κ2) is 18.9. The Morgan fingerprint density at radius 1 is 1.10 bits per heavy atom. The highest BCUT2D eigenvalue weighted by Gasteiger charge is 2.24. The third kappa shape index (κ3) is 12.4. The molecule has 1 aromatic carbocycles. The number of ether oxygens (including phenoxy) is 2. The Bertz CT molecular complexity index is 1090. The van der Waals surface area contributed by atoms with Crippen LogP contribution in [0.5, 0.6) is 0 Å². The summed E-state index contributed by atoms with van der Waals surface area (Å²) in [6.45, 7) is 16.4. The highest BCUT2D eigenvalue weighted by Crippen LogP contribution is 2.35. The first-order valence-corrected chi connectivity index (χ1v) is 14.6. The molecule has 41 heavy (non-hydrogen) atoms. The molecule has 0 aromatic heterocycles. The molecule has 228 valence electrons. The van der Waals surface area contributed by atoms with E-state index in [0.717, 1.165) is 41.9 Å². The van der Waals surface area contributed by atoms with Crippen LogP contribution in [0.15, 0.2) is 76.9 Å². The van der Waals surface area contributed by atoms with E-state index in [4.69, 9.17) is 9.47 Å². The number of benzene rings is 1. The number of para-hydroxylation sites is 1. The minimum absolute atomic E-state index is 0.0616. The summed E-state index contributed by atoms with van der Waals surface area (Å²) in [4.78, 5) is 13.2. The Labute approximate surface area is 248 Å². The standard InChI is InChI=1S/C33H53N5O3/c1-10-13-17-26(22-29(25(5)41-9)33(6,7)12-3)30(34)24(4)31(36-28-18-15-14-16-19-28)38-32(39)37-27(11-2)23-35-20-21-40-8/h13-19,22,27,34-36H,10-12,20-21,23H2,1-9H3,(H2,37,38,39)/b17-13-,26-22+,29-25-,31-24+,34-30?/t27-/m0/s1. The molecule has 8 heteroatoms. The average molecular weight is 568 g/mol. The average Bonchev–Trinajstić information content (AvgIpc) is 2.97. The van der Waals surface area contributed by atoms with Crippen molar-refractivity contribution < 1.29 is 14.3 Å². The van der Waals surface area contributed by atoms with Crippen molar-refractivity contribution in [3.8, 4) is 0 Å². The summed E-state index contributed by atoms with van der Waals surface area (Å²) in [7, 11) is 3.34. The second-order valence-corrected chi connectivity index (χ2v) is 10.6. The predicted molar refractivity (Wildman–Crippen MR) is 172 cm³/mol. The first-order valence-electron chi connectivity index (χ1n) is 14.6. The van der Waals surface area contributed by atoms with Crippen LogP contribution in [-0.2, 0) is 9.47 Å². The fraction of sp³-hybridized carbons (Fsp3) is 0.515. The smallest absolute Gasteiger partial charge is 0.320 e. The zero-order valence-electron chi connectivity index (χ0n) is 26.7. The van der Waals surface area contributed by atoms with Gasteiger partial charge in [-0.15, -0.1) is 0 Å². The van der Waals surface area contributed by atoms with Crippen LogP contribution in [0.2, 0.25) is 0 Å². The maximum absolute atomic E-state index is 13.2. The van der Waals surface area contributed by atoms with Gasteiger partial charge in [-0.2, -0.15) is 0 Å². The largest absolute Gasteiger partial charge is 0.501 e. The van der Waals surface area contributed by atoms with Gasteiger partial charge in [0.05, 0.1) is 25.2 Å². The van der Waals surface area contributed by atoms with E-state index in [-0.39, 0.29) is 17.5 Å². The van der Waals surface area contributed by atoms with Gasteiger partial charge in [-0.1, -0.05) is 65.0 Å². The Hall–Kier alpha value is -3.36. The Kier molecular flexibility index (Phi) is 16.4. The number of carbonyl (C=O) groups excluding carboxylic acids is 1. The van der Waals surface area contributed by atoms with Crippen LogP contribution in [0.4, 0.5) is 10.5 Å². The fourth-order valence-electron chi connectivity index (χ4n) is 3.99. The van der Waals surface area contributed by atoms with Crippen molar-refractivity contribution in [3.63, 3.8) is 0 Å². The van der Waals surface area contributed by atoms with Crippen LogP contribution in [0.3, 0.4) is 0 Å².